The molecule has 0 aliphatic carbocycles. The lowest BCUT2D eigenvalue weighted by Gasteiger charge is -2.33. The maximum atomic E-state index is 12.4. The molecule has 7 nitrogen and oxygen atoms in total. The van der Waals surface area contributed by atoms with E-state index in [2.05, 4.69) is 15.5 Å². The Morgan fingerprint density at radius 2 is 2.08 bits per heavy atom. The molecule has 1 aromatic carbocycles. The summed E-state index contributed by atoms with van der Waals surface area (Å²) in [5.41, 5.74) is -0.254. The number of benzene rings is 1. The summed E-state index contributed by atoms with van der Waals surface area (Å²) in [7, 11) is 0. The van der Waals surface area contributed by atoms with Crippen LogP contribution in [0.25, 0.3) is 0 Å². The third kappa shape index (κ3) is 4.97. The molecule has 0 bridgehead atoms. The summed E-state index contributed by atoms with van der Waals surface area (Å²) >= 11 is 0. The van der Waals surface area contributed by atoms with Crippen molar-refractivity contribution < 1.29 is 13.9 Å². The van der Waals surface area contributed by atoms with Crippen LogP contribution in [-0.2, 0) is 6.61 Å². The predicted molar refractivity (Wildman–Crippen MR) is 96.9 cm³/mol. The molecule has 0 radical (unpaired) electrons. The Balaban J connectivity index is 1.57. The van der Waals surface area contributed by atoms with Crippen molar-refractivity contribution in [2.24, 2.45) is 0 Å². The molecule has 3 rings (SSSR count). The van der Waals surface area contributed by atoms with Gasteiger partial charge in [0.2, 0.25) is 5.89 Å². The standard InChI is InChI=1S/C19H26N4O3/c1-19(2,3)20-18(24)23-11-7-8-14(12-23)17-22-21-16(26-17)13-25-15-9-5-4-6-10-15/h4-6,9-10,14H,7-8,11-13H2,1-3H3,(H,20,24). The molecular formula is C19H26N4O3. The molecule has 2 heterocycles. The molecule has 7 heteroatoms. The fraction of sp³-hybridized carbons (Fsp3) is 0.526. The van der Waals surface area contributed by atoms with Crippen LogP contribution in [-0.4, -0.2) is 39.8 Å². The van der Waals surface area contributed by atoms with Crippen molar-refractivity contribution in [1.29, 1.82) is 0 Å². The molecule has 0 saturated carbocycles. The minimum Gasteiger partial charge on any atom is -0.484 e. The summed E-state index contributed by atoms with van der Waals surface area (Å²) in [5, 5.41) is 11.2. The average Bonchev–Trinajstić information content (AvgIpc) is 3.09. The molecule has 2 amide bonds. The van der Waals surface area contributed by atoms with Crippen LogP contribution in [0.3, 0.4) is 0 Å². The number of piperidine rings is 1. The van der Waals surface area contributed by atoms with E-state index >= 15 is 0 Å². The second-order valence-corrected chi connectivity index (χ2v) is 7.60. The van der Waals surface area contributed by atoms with E-state index < -0.39 is 0 Å². The summed E-state index contributed by atoms with van der Waals surface area (Å²) in [6.45, 7) is 7.49. The smallest absolute Gasteiger partial charge is 0.317 e. The molecule has 0 spiro atoms. The topological polar surface area (TPSA) is 80.5 Å². The predicted octanol–water partition coefficient (Wildman–Crippen LogP) is 3.34. The van der Waals surface area contributed by atoms with Crippen molar-refractivity contribution in [3.63, 3.8) is 0 Å². The maximum Gasteiger partial charge on any atom is 0.317 e. The normalized spacial score (nSPS) is 17.8. The Kier molecular flexibility index (Phi) is 5.44. The van der Waals surface area contributed by atoms with E-state index in [1.54, 1.807) is 0 Å². The second-order valence-electron chi connectivity index (χ2n) is 7.60. The Labute approximate surface area is 153 Å². The van der Waals surface area contributed by atoms with E-state index in [1.807, 2.05) is 56.0 Å². The minimum atomic E-state index is -0.254. The van der Waals surface area contributed by atoms with Gasteiger partial charge in [-0.1, -0.05) is 18.2 Å². The third-order valence-electron chi connectivity index (χ3n) is 4.13. The van der Waals surface area contributed by atoms with E-state index in [0.29, 0.717) is 18.3 Å². The largest absolute Gasteiger partial charge is 0.484 e. The lowest BCUT2D eigenvalue weighted by molar-refractivity contribution is 0.165. The molecule has 1 N–H and O–H groups in total. The lowest BCUT2D eigenvalue weighted by atomic mass is 9.98. The first-order chi connectivity index (χ1) is 12.4. The number of amides is 2. The van der Waals surface area contributed by atoms with Gasteiger partial charge in [0, 0.05) is 18.6 Å². The quantitative estimate of drug-likeness (QED) is 0.907. The monoisotopic (exact) mass is 358 g/mol. The van der Waals surface area contributed by atoms with Crippen LogP contribution in [0.2, 0.25) is 0 Å². The first-order valence-corrected chi connectivity index (χ1v) is 8.98. The Hall–Kier alpha value is -2.57. The highest BCUT2D eigenvalue weighted by Gasteiger charge is 2.29. The number of nitrogens with one attached hydrogen (secondary N) is 1. The van der Waals surface area contributed by atoms with Crippen molar-refractivity contribution >= 4 is 6.03 Å². The van der Waals surface area contributed by atoms with Crippen LogP contribution in [0.4, 0.5) is 4.79 Å². The van der Waals surface area contributed by atoms with Crippen LogP contribution in [0.5, 0.6) is 5.75 Å². The Morgan fingerprint density at radius 1 is 1.31 bits per heavy atom. The van der Waals surface area contributed by atoms with Crippen molar-refractivity contribution in [2.75, 3.05) is 13.1 Å². The summed E-state index contributed by atoms with van der Waals surface area (Å²) < 4.78 is 11.4. The number of carbonyl (C=O) groups is 1. The highest BCUT2D eigenvalue weighted by Crippen LogP contribution is 2.26. The van der Waals surface area contributed by atoms with Crippen LogP contribution in [0, 0.1) is 0 Å². The number of urea groups is 1. The van der Waals surface area contributed by atoms with E-state index in [0.717, 1.165) is 25.1 Å². The molecule has 140 valence electrons. The zero-order valence-corrected chi connectivity index (χ0v) is 15.6. The van der Waals surface area contributed by atoms with Crippen molar-refractivity contribution in [3.05, 3.63) is 42.1 Å². The summed E-state index contributed by atoms with van der Waals surface area (Å²) in [5.74, 6) is 1.84. The Bertz CT molecular complexity index is 724. The molecule has 1 saturated heterocycles. The third-order valence-corrected chi connectivity index (χ3v) is 4.13. The first kappa shape index (κ1) is 18.2. The average molecular weight is 358 g/mol. The number of ether oxygens (including phenoxy) is 1. The lowest BCUT2D eigenvalue weighted by Crippen LogP contribution is -2.51. The number of aromatic nitrogens is 2. The van der Waals surface area contributed by atoms with Gasteiger partial charge in [0.25, 0.3) is 5.89 Å². The van der Waals surface area contributed by atoms with Gasteiger partial charge < -0.3 is 19.4 Å². The zero-order valence-electron chi connectivity index (χ0n) is 15.6. The van der Waals surface area contributed by atoms with Crippen molar-refractivity contribution in [1.82, 2.24) is 20.4 Å². The van der Waals surface area contributed by atoms with Gasteiger partial charge in [-0.25, -0.2) is 4.79 Å². The molecular weight excluding hydrogens is 332 g/mol. The van der Waals surface area contributed by atoms with Gasteiger partial charge in [0.15, 0.2) is 6.61 Å². The molecule has 1 aliphatic heterocycles. The molecule has 1 atom stereocenters. The van der Waals surface area contributed by atoms with Crippen LogP contribution in [0.15, 0.2) is 34.7 Å². The van der Waals surface area contributed by atoms with Gasteiger partial charge in [0.05, 0.1) is 5.92 Å². The van der Waals surface area contributed by atoms with Crippen LogP contribution < -0.4 is 10.1 Å². The van der Waals surface area contributed by atoms with Crippen LogP contribution in [0.1, 0.15) is 51.3 Å². The molecule has 1 fully saturated rings. The number of hydrogen-bond acceptors (Lipinski definition) is 5. The highest BCUT2D eigenvalue weighted by molar-refractivity contribution is 5.75. The second kappa shape index (κ2) is 7.76. The SMILES string of the molecule is CC(C)(C)NC(=O)N1CCCC(c2nnc(COc3ccccc3)o2)C1. The molecule has 1 aromatic heterocycles. The van der Waals surface area contributed by atoms with Crippen molar-refractivity contribution in [2.45, 2.75) is 51.7 Å². The van der Waals surface area contributed by atoms with E-state index in [4.69, 9.17) is 9.15 Å². The number of para-hydroxylation sites is 1. The number of nitrogens with zero attached hydrogens (tertiary/aromatic N) is 3. The summed E-state index contributed by atoms with van der Waals surface area (Å²) in [4.78, 5) is 14.2. The minimum absolute atomic E-state index is 0.0469. The number of rotatable bonds is 4. The number of carbonyl (C=O) groups excluding carboxylic acids is 1. The van der Waals surface area contributed by atoms with E-state index in [-0.39, 0.29) is 24.1 Å². The fourth-order valence-electron chi connectivity index (χ4n) is 2.91. The van der Waals surface area contributed by atoms with Crippen LogP contribution >= 0.6 is 0 Å². The fourth-order valence-corrected chi connectivity index (χ4v) is 2.91. The van der Waals surface area contributed by atoms with Gasteiger partial charge in [0.1, 0.15) is 5.75 Å². The summed E-state index contributed by atoms with van der Waals surface area (Å²) in [6, 6.07) is 9.47. The molecule has 1 aliphatic rings. The van der Waals surface area contributed by atoms with Gasteiger partial charge >= 0.3 is 6.03 Å². The summed E-state index contributed by atoms with van der Waals surface area (Å²) in [6.07, 6.45) is 1.85. The van der Waals surface area contributed by atoms with Crippen molar-refractivity contribution in [3.8, 4) is 5.75 Å². The zero-order chi connectivity index (χ0) is 18.6. The van der Waals surface area contributed by atoms with Gasteiger partial charge in [-0.3, -0.25) is 0 Å². The van der Waals surface area contributed by atoms with Gasteiger partial charge in [-0.15, -0.1) is 10.2 Å². The number of hydrogen-bond donors (Lipinski definition) is 1. The first-order valence-electron chi connectivity index (χ1n) is 8.98. The van der Waals surface area contributed by atoms with Gasteiger partial charge in [-0.2, -0.15) is 0 Å². The van der Waals surface area contributed by atoms with E-state index in [9.17, 15) is 4.79 Å². The molecule has 26 heavy (non-hydrogen) atoms. The molecule has 1 unspecified atom stereocenters. The molecule has 2 aromatic rings. The van der Waals surface area contributed by atoms with E-state index in [1.165, 1.54) is 0 Å². The highest BCUT2D eigenvalue weighted by atomic mass is 16.5. The maximum absolute atomic E-state index is 12.4. The van der Waals surface area contributed by atoms with Gasteiger partial charge in [-0.05, 0) is 45.7 Å². The Morgan fingerprint density at radius 3 is 2.81 bits per heavy atom. The number of likely N-dealkylation sites (tertiary alicyclic amines) is 1.